The number of rotatable bonds is 9. The van der Waals surface area contributed by atoms with Crippen molar-refractivity contribution in [3.8, 4) is 0 Å². The molecule has 0 heterocycles. The third-order valence-corrected chi connectivity index (χ3v) is 5.96. The predicted molar refractivity (Wildman–Crippen MR) is 112 cm³/mol. The van der Waals surface area contributed by atoms with Gasteiger partial charge >= 0.3 is 5.97 Å². The van der Waals surface area contributed by atoms with Crippen molar-refractivity contribution in [2.45, 2.75) is 57.9 Å². The average molecular weight is 446 g/mol. The van der Waals surface area contributed by atoms with Gasteiger partial charge in [0, 0.05) is 16.4 Å². The summed E-state index contributed by atoms with van der Waals surface area (Å²) in [5.41, 5.74) is 8.63. The first-order valence-corrected chi connectivity index (χ1v) is 11.0. The maximum absolute atomic E-state index is 12.4. The van der Waals surface area contributed by atoms with Gasteiger partial charge in [0.25, 0.3) is 0 Å². The molecule has 0 spiro atoms. The molecule has 1 unspecified atom stereocenters. The quantitative estimate of drug-likeness (QED) is 0.230. The van der Waals surface area contributed by atoms with E-state index in [4.69, 9.17) is 22.1 Å². The summed E-state index contributed by atoms with van der Waals surface area (Å²) >= 11 is 9.19. The van der Waals surface area contributed by atoms with Crippen molar-refractivity contribution >= 4 is 39.2 Å². The number of nitrogens with one attached hydrogen (secondary N) is 1. The zero-order valence-electron chi connectivity index (χ0n) is 15.5. The van der Waals surface area contributed by atoms with E-state index >= 15 is 0 Å². The number of carbonyl (C=O) groups is 1. The number of anilines is 1. The second-order valence-corrected chi connectivity index (χ2v) is 8.16. The first-order chi connectivity index (χ1) is 12.6. The number of hydrogen-bond donors (Lipinski definition) is 2. The first kappa shape index (κ1) is 21.5. The SMILES string of the molecule is CCNC(c1cc(C(=O)OCCCCCl)cc(Br)c1N)C1CCCCC1. The highest BCUT2D eigenvalue weighted by Gasteiger charge is 2.27. The van der Waals surface area contributed by atoms with Gasteiger partial charge in [-0.05, 0) is 71.8 Å². The summed E-state index contributed by atoms with van der Waals surface area (Å²) in [6.45, 7) is 3.36. The number of ether oxygens (including phenoxy) is 1. The van der Waals surface area contributed by atoms with E-state index in [9.17, 15) is 4.79 Å². The van der Waals surface area contributed by atoms with Crippen molar-refractivity contribution in [2.75, 3.05) is 24.8 Å². The highest BCUT2D eigenvalue weighted by atomic mass is 79.9. The molecule has 146 valence electrons. The summed E-state index contributed by atoms with van der Waals surface area (Å²) in [6.07, 6.45) is 7.84. The summed E-state index contributed by atoms with van der Waals surface area (Å²) in [5, 5.41) is 3.60. The van der Waals surface area contributed by atoms with Gasteiger partial charge in [0.2, 0.25) is 0 Å². The van der Waals surface area contributed by atoms with Gasteiger partial charge in [-0.1, -0.05) is 26.2 Å². The number of benzene rings is 1. The number of alkyl halides is 1. The minimum Gasteiger partial charge on any atom is -0.462 e. The van der Waals surface area contributed by atoms with E-state index in [1.807, 2.05) is 6.07 Å². The number of hydrogen-bond acceptors (Lipinski definition) is 4. The molecule has 0 radical (unpaired) electrons. The first-order valence-electron chi connectivity index (χ1n) is 9.63. The molecule has 0 bridgehead atoms. The molecule has 6 heteroatoms. The molecule has 4 nitrogen and oxygen atoms in total. The highest BCUT2D eigenvalue weighted by Crippen LogP contribution is 2.39. The van der Waals surface area contributed by atoms with Gasteiger partial charge in [-0.25, -0.2) is 4.79 Å². The Bertz CT molecular complexity index is 591. The van der Waals surface area contributed by atoms with Crippen LogP contribution in [0.4, 0.5) is 5.69 Å². The summed E-state index contributed by atoms with van der Waals surface area (Å²) in [5.74, 6) is 0.828. The van der Waals surface area contributed by atoms with Crippen LogP contribution in [0.1, 0.15) is 73.8 Å². The molecule has 0 saturated heterocycles. The van der Waals surface area contributed by atoms with Gasteiger partial charge in [-0.3, -0.25) is 0 Å². The average Bonchev–Trinajstić information content (AvgIpc) is 2.66. The van der Waals surface area contributed by atoms with Gasteiger partial charge in [-0.15, -0.1) is 11.6 Å². The number of unbranched alkanes of at least 4 members (excludes halogenated alkanes) is 1. The van der Waals surface area contributed by atoms with Crippen molar-refractivity contribution in [1.82, 2.24) is 5.32 Å². The van der Waals surface area contributed by atoms with E-state index < -0.39 is 0 Å². The number of esters is 1. The highest BCUT2D eigenvalue weighted by molar-refractivity contribution is 9.10. The standard InChI is InChI=1S/C20H30BrClN2O2/c1-2-24-19(14-8-4-3-5-9-14)16-12-15(13-17(21)18(16)23)20(25)26-11-7-6-10-22/h12-14,19,24H,2-11,23H2,1H3. The van der Waals surface area contributed by atoms with Crippen LogP contribution in [0.2, 0.25) is 0 Å². The minimum atomic E-state index is -0.305. The van der Waals surface area contributed by atoms with E-state index in [0.29, 0.717) is 29.7 Å². The second-order valence-electron chi connectivity index (χ2n) is 6.93. The number of carbonyl (C=O) groups excluding carboxylic acids is 1. The Morgan fingerprint density at radius 1 is 1.35 bits per heavy atom. The van der Waals surface area contributed by atoms with Crippen LogP contribution < -0.4 is 11.1 Å². The maximum atomic E-state index is 12.4. The van der Waals surface area contributed by atoms with Crippen molar-refractivity contribution < 1.29 is 9.53 Å². The lowest BCUT2D eigenvalue weighted by atomic mass is 9.80. The molecule has 2 rings (SSSR count). The minimum absolute atomic E-state index is 0.167. The monoisotopic (exact) mass is 444 g/mol. The molecular formula is C20H30BrClN2O2. The Balaban J connectivity index is 2.22. The molecule has 1 aromatic rings. The van der Waals surface area contributed by atoms with Crippen LogP contribution >= 0.6 is 27.5 Å². The predicted octanol–water partition coefficient (Wildman–Crippen LogP) is 5.44. The summed E-state index contributed by atoms with van der Waals surface area (Å²) in [6, 6.07) is 3.83. The van der Waals surface area contributed by atoms with Crippen molar-refractivity contribution in [1.29, 1.82) is 0 Å². The van der Waals surface area contributed by atoms with Crippen LogP contribution in [-0.4, -0.2) is 25.0 Å². The summed E-state index contributed by atoms with van der Waals surface area (Å²) in [7, 11) is 0. The zero-order valence-corrected chi connectivity index (χ0v) is 17.9. The molecular weight excluding hydrogens is 416 g/mol. The van der Waals surface area contributed by atoms with Crippen LogP contribution in [0.5, 0.6) is 0 Å². The fraction of sp³-hybridized carbons (Fsp3) is 0.650. The lowest BCUT2D eigenvalue weighted by molar-refractivity contribution is 0.0499. The molecule has 3 N–H and O–H groups in total. The molecule has 1 aliphatic rings. The Labute approximate surface area is 170 Å². The normalized spacial score (nSPS) is 16.4. The Morgan fingerprint density at radius 2 is 2.08 bits per heavy atom. The van der Waals surface area contributed by atoms with Crippen LogP contribution in [0.15, 0.2) is 16.6 Å². The van der Waals surface area contributed by atoms with Crippen molar-refractivity contribution in [3.05, 3.63) is 27.7 Å². The molecule has 1 aromatic carbocycles. The van der Waals surface area contributed by atoms with Crippen molar-refractivity contribution in [2.24, 2.45) is 5.92 Å². The third kappa shape index (κ3) is 5.86. The van der Waals surface area contributed by atoms with E-state index in [-0.39, 0.29) is 12.0 Å². The third-order valence-electron chi connectivity index (χ3n) is 5.04. The van der Waals surface area contributed by atoms with Crippen LogP contribution in [0, 0.1) is 5.92 Å². The van der Waals surface area contributed by atoms with E-state index in [1.165, 1.54) is 32.1 Å². The topological polar surface area (TPSA) is 64.3 Å². The van der Waals surface area contributed by atoms with Crippen LogP contribution in [0.25, 0.3) is 0 Å². The lowest BCUT2D eigenvalue weighted by Crippen LogP contribution is -2.30. The molecule has 1 saturated carbocycles. The fourth-order valence-electron chi connectivity index (χ4n) is 3.68. The Kier molecular flexibility index (Phi) is 9.23. The molecule has 0 amide bonds. The molecule has 1 fully saturated rings. The fourth-order valence-corrected chi connectivity index (χ4v) is 4.34. The van der Waals surface area contributed by atoms with Crippen LogP contribution in [-0.2, 0) is 4.74 Å². The second kappa shape index (κ2) is 11.2. The van der Waals surface area contributed by atoms with Crippen LogP contribution in [0.3, 0.4) is 0 Å². The smallest absolute Gasteiger partial charge is 0.338 e. The van der Waals surface area contributed by atoms with Gasteiger partial charge in [0.15, 0.2) is 0 Å². The largest absolute Gasteiger partial charge is 0.462 e. The van der Waals surface area contributed by atoms with E-state index in [2.05, 4.69) is 28.2 Å². The number of nitrogens with two attached hydrogens (primary N) is 1. The maximum Gasteiger partial charge on any atom is 0.338 e. The van der Waals surface area contributed by atoms with E-state index in [0.717, 1.165) is 29.4 Å². The Morgan fingerprint density at radius 3 is 2.73 bits per heavy atom. The van der Waals surface area contributed by atoms with E-state index in [1.54, 1.807) is 6.07 Å². The molecule has 1 aliphatic carbocycles. The number of nitrogen functional groups attached to an aromatic ring is 1. The molecule has 0 aromatic heterocycles. The summed E-state index contributed by atoms with van der Waals surface area (Å²) in [4.78, 5) is 12.4. The lowest BCUT2D eigenvalue weighted by Gasteiger charge is -2.32. The molecule has 26 heavy (non-hydrogen) atoms. The molecule has 0 aliphatic heterocycles. The van der Waals surface area contributed by atoms with Gasteiger partial charge in [-0.2, -0.15) is 0 Å². The zero-order chi connectivity index (χ0) is 18.9. The molecule has 1 atom stereocenters. The summed E-state index contributed by atoms with van der Waals surface area (Å²) < 4.78 is 6.14. The van der Waals surface area contributed by atoms with Crippen molar-refractivity contribution in [3.63, 3.8) is 0 Å². The van der Waals surface area contributed by atoms with Gasteiger partial charge in [0.1, 0.15) is 0 Å². The Hall–Kier alpha value is -0.780. The van der Waals surface area contributed by atoms with Gasteiger partial charge in [0.05, 0.1) is 17.9 Å². The van der Waals surface area contributed by atoms with Gasteiger partial charge < -0.3 is 15.8 Å². The number of halogens is 2.